The Morgan fingerprint density at radius 2 is 2.16 bits per heavy atom. The maximum Gasteiger partial charge on any atom is 0.353 e. The molecule has 10 nitrogen and oxygen atoms in total. The van der Waals surface area contributed by atoms with Gasteiger partial charge in [0.05, 0.1) is 18.2 Å². The number of amides is 1. The number of carbonyl (C=O) groups is 3. The number of hydrogen-bond acceptors (Lipinski definition) is 8. The van der Waals surface area contributed by atoms with Gasteiger partial charge >= 0.3 is 11.9 Å². The molecule has 0 saturated carbocycles. The van der Waals surface area contributed by atoms with Crippen molar-refractivity contribution in [3.63, 3.8) is 0 Å². The molecule has 0 fully saturated rings. The summed E-state index contributed by atoms with van der Waals surface area (Å²) in [5, 5.41) is 33.9. The molecule has 0 bridgehead atoms. The van der Waals surface area contributed by atoms with Crippen molar-refractivity contribution in [2.24, 2.45) is 0 Å². The summed E-state index contributed by atoms with van der Waals surface area (Å²) in [4.78, 5) is 38.1. The number of thiophene rings is 1. The van der Waals surface area contributed by atoms with E-state index in [-0.39, 0.29) is 22.5 Å². The molecule has 1 aromatic heterocycles. The maximum atomic E-state index is 12.9. The molecule has 2 aromatic rings. The molecule has 0 radical (unpaired) electrons. The van der Waals surface area contributed by atoms with Gasteiger partial charge in [-0.3, -0.25) is 4.79 Å². The predicted molar refractivity (Wildman–Crippen MR) is 111 cm³/mol. The van der Waals surface area contributed by atoms with Gasteiger partial charge in [-0.25, -0.2) is 9.59 Å². The van der Waals surface area contributed by atoms with Crippen LogP contribution in [0.2, 0.25) is 0 Å². The van der Waals surface area contributed by atoms with Crippen LogP contribution in [0, 0.1) is 0 Å². The highest BCUT2D eigenvalue weighted by Gasteiger charge is 2.35. The average Bonchev–Trinajstić information content (AvgIpc) is 3.24. The number of aliphatic carboxylic acids is 1. The molecule has 0 spiro atoms. The Hall–Kier alpha value is -3.15. The first-order chi connectivity index (χ1) is 14.8. The number of aromatic carboxylic acids is 1. The van der Waals surface area contributed by atoms with Crippen LogP contribution in [0.5, 0.6) is 5.75 Å². The first-order valence-corrected chi connectivity index (χ1v) is 10.4. The number of aliphatic hydroxyl groups excluding tert-OH is 1. The molecule has 1 unspecified atom stereocenters. The van der Waals surface area contributed by atoms with Crippen LogP contribution in [0.25, 0.3) is 0 Å². The monoisotopic (exact) mass is 447 g/mol. The van der Waals surface area contributed by atoms with Gasteiger partial charge < -0.3 is 35.6 Å². The number of hydrogen-bond donors (Lipinski definition) is 5. The van der Waals surface area contributed by atoms with E-state index in [2.05, 4.69) is 10.6 Å². The van der Waals surface area contributed by atoms with Crippen molar-refractivity contribution in [3.8, 4) is 5.75 Å². The zero-order valence-electron chi connectivity index (χ0n) is 16.5. The Balaban J connectivity index is 1.53. The number of fused-ring (bicyclic) bond motifs is 2. The highest BCUT2D eigenvalue weighted by atomic mass is 32.1. The van der Waals surface area contributed by atoms with Crippen LogP contribution >= 0.6 is 11.3 Å². The number of aliphatic hydroxyl groups is 1. The summed E-state index contributed by atoms with van der Waals surface area (Å²) in [6.45, 7) is 1.21. The molecule has 5 N–H and O–H groups in total. The predicted octanol–water partition coefficient (Wildman–Crippen LogP) is 0.940. The minimum Gasteiger partial charge on any atom is -0.496 e. The lowest BCUT2D eigenvalue weighted by Crippen LogP contribution is -2.44. The van der Waals surface area contributed by atoms with Gasteiger partial charge in [-0.2, -0.15) is 0 Å². The second-order valence-electron chi connectivity index (χ2n) is 7.36. The van der Waals surface area contributed by atoms with Crippen molar-refractivity contribution in [1.29, 1.82) is 0 Å². The van der Waals surface area contributed by atoms with Gasteiger partial charge in [0, 0.05) is 30.6 Å². The zero-order chi connectivity index (χ0) is 22.3. The minimum absolute atomic E-state index is 0.0375. The van der Waals surface area contributed by atoms with Crippen molar-refractivity contribution in [3.05, 3.63) is 45.3 Å². The van der Waals surface area contributed by atoms with Gasteiger partial charge in [0.15, 0.2) is 0 Å². The molecule has 164 valence electrons. The Kier molecular flexibility index (Phi) is 5.56. The quantitative estimate of drug-likeness (QED) is 0.391. The fourth-order valence-corrected chi connectivity index (χ4v) is 5.23. The Bertz CT molecular complexity index is 1070. The number of nitrogens with zero attached hydrogens (tertiary/aromatic N) is 1. The largest absolute Gasteiger partial charge is 0.496 e. The maximum absolute atomic E-state index is 12.9. The van der Waals surface area contributed by atoms with E-state index in [1.807, 2.05) is 12.1 Å². The summed E-state index contributed by atoms with van der Waals surface area (Å²) < 4.78 is 5.31. The van der Waals surface area contributed by atoms with Gasteiger partial charge in [-0.15, -0.1) is 11.3 Å². The van der Waals surface area contributed by atoms with E-state index in [1.54, 1.807) is 11.0 Å². The van der Waals surface area contributed by atoms with E-state index in [4.69, 9.17) is 9.84 Å². The smallest absolute Gasteiger partial charge is 0.353 e. The number of benzene rings is 1. The summed E-state index contributed by atoms with van der Waals surface area (Å²) in [5.74, 6) is -2.30. The molecule has 2 aliphatic rings. The molecule has 2 aliphatic heterocycles. The molecule has 4 rings (SSSR count). The normalized spacial score (nSPS) is 18.3. The first kappa shape index (κ1) is 21.1. The van der Waals surface area contributed by atoms with Crippen LogP contribution in [0.3, 0.4) is 0 Å². The Labute approximate surface area is 181 Å². The van der Waals surface area contributed by atoms with E-state index in [1.165, 1.54) is 7.11 Å². The van der Waals surface area contributed by atoms with Gasteiger partial charge in [0.25, 0.3) is 5.91 Å². The van der Waals surface area contributed by atoms with Crippen molar-refractivity contribution in [1.82, 2.24) is 10.2 Å². The lowest BCUT2D eigenvalue weighted by atomic mass is 9.97. The van der Waals surface area contributed by atoms with Crippen molar-refractivity contribution in [2.45, 2.75) is 31.8 Å². The van der Waals surface area contributed by atoms with Crippen molar-refractivity contribution < 1.29 is 34.4 Å². The number of carbonyl (C=O) groups excluding carboxylic acids is 1. The fraction of sp³-hybridized carbons (Fsp3) is 0.350. The van der Waals surface area contributed by atoms with E-state index in [9.17, 15) is 24.6 Å². The molecule has 0 saturated heterocycles. The number of carboxylic acid groups (broad SMARTS) is 2. The second kappa shape index (κ2) is 8.17. The molecule has 11 heteroatoms. The Morgan fingerprint density at radius 3 is 2.84 bits per heavy atom. The lowest BCUT2D eigenvalue weighted by Gasteiger charge is -2.28. The van der Waals surface area contributed by atoms with Crippen LogP contribution in [-0.4, -0.2) is 64.0 Å². The molecular weight excluding hydrogens is 426 g/mol. The number of rotatable bonds is 7. The van der Waals surface area contributed by atoms with Crippen LogP contribution in [0.4, 0.5) is 5.00 Å². The van der Waals surface area contributed by atoms with E-state index in [0.29, 0.717) is 42.9 Å². The van der Waals surface area contributed by atoms with Crippen LogP contribution in [0.15, 0.2) is 18.2 Å². The minimum atomic E-state index is -1.90. The van der Waals surface area contributed by atoms with Crippen LogP contribution < -0.4 is 15.4 Å². The SMILES string of the molecule is COc1cccc2c1C(=O)N(C[C@H]1Cc3c(sc(NC(O)C(=O)O)c3C(=O)O)CN1)C2. The highest BCUT2D eigenvalue weighted by Crippen LogP contribution is 2.37. The van der Waals surface area contributed by atoms with E-state index in [0.717, 1.165) is 21.8 Å². The second-order valence-corrected chi connectivity index (χ2v) is 8.47. The van der Waals surface area contributed by atoms with Crippen LogP contribution in [-0.2, 0) is 24.3 Å². The number of carboxylic acids is 2. The molecule has 3 heterocycles. The molecule has 2 atom stereocenters. The summed E-state index contributed by atoms with van der Waals surface area (Å²) in [6, 6.07) is 5.29. The molecule has 1 amide bonds. The topological polar surface area (TPSA) is 148 Å². The summed E-state index contributed by atoms with van der Waals surface area (Å²) in [7, 11) is 1.52. The van der Waals surface area contributed by atoms with Crippen molar-refractivity contribution >= 4 is 34.2 Å². The average molecular weight is 447 g/mol. The van der Waals surface area contributed by atoms with Gasteiger partial charge in [0.2, 0.25) is 6.23 Å². The summed E-state index contributed by atoms with van der Waals surface area (Å²) >= 11 is 1.10. The Morgan fingerprint density at radius 1 is 1.39 bits per heavy atom. The first-order valence-electron chi connectivity index (χ1n) is 9.54. The third-order valence-corrected chi connectivity index (χ3v) is 6.61. The molecular formula is C20H21N3O7S. The zero-order valence-corrected chi connectivity index (χ0v) is 17.4. The fourth-order valence-electron chi connectivity index (χ4n) is 4.04. The summed E-state index contributed by atoms with van der Waals surface area (Å²) in [6.07, 6.45) is -1.55. The number of ether oxygens (including phenoxy) is 1. The summed E-state index contributed by atoms with van der Waals surface area (Å²) in [5.41, 5.74) is 1.99. The van der Waals surface area contributed by atoms with E-state index >= 15 is 0 Å². The molecule has 0 aliphatic carbocycles. The van der Waals surface area contributed by atoms with Crippen LogP contribution in [0.1, 0.15) is 36.7 Å². The molecule has 1 aromatic carbocycles. The van der Waals surface area contributed by atoms with Crippen molar-refractivity contribution in [2.75, 3.05) is 19.0 Å². The lowest BCUT2D eigenvalue weighted by molar-refractivity contribution is -0.145. The third kappa shape index (κ3) is 3.82. The number of anilines is 1. The third-order valence-electron chi connectivity index (χ3n) is 5.44. The van der Waals surface area contributed by atoms with Gasteiger partial charge in [-0.05, 0) is 23.6 Å². The highest BCUT2D eigenvalue weighted by molar-refractivity contribution is 7.16. The van der Waals surface area contributed by atoms with E-state index < -0.39 is 18.2 Å². The van der Waals surface area contributed by atoms with Gasteiger partial charge in [0.1, 0.15) is 10.8 Å². The van der Waals surface area contributed by atoms with Gasteiger partial charge in [-0.1, -0.05) is 12.1 Å². The molecule has 31 heavy (non-hydrogen) atoms. The number of nitrogens with one attached hydrogen (secondary N) is 2. The number of methoxy groups -OCH3 is 1. The standard InChI is InChI=1S/C20H21N3O7S/c1-30-12-4-2-3-9-7-23(18(25)14(9)12)8-10-5-11-13(6-21-10)31-17(15(11)19(26)27)22-16(24)20(28)29/h2-4,10,16,21-22,24H,5-8H2,1H3,(H,26,27)(H,28,29)/t10-,16?/m1/s1.